The molecule has 1 amide bonds. The first-order valence-electron chi connectivity index (χ1n) is 5.78. The Balaban J connectivity index is 2.04. The van der Waals surface area contributed by atoms with Crippen molar-refractivity contribution in [1.82, 2.24) is 4.90 Å². The van der Waals surface area contributed by atoms with Gasteiger partial charge < -0.3 is 4.90 Å². The van der Waals surface area contributed by atoms with E-state index in [0.29, 0.717) is 5.25 Å². The molecule has 92 valence electrons. The molecule has 1 heterocycles. The summed E-state index contributed by atoms with van der Waals surface area (Å²) in [4.78, 5) is 14.1. The van der Waals surface area contributed by atoms with Crippen LogP contribution in [0.1, 0.15) is 17.9 Å². The van der Waals surface area contributed by atoms with Gasteiger partial charge in [0.15, 0.2) is 0 Å². The predicted octanol–water partition coefficient (Wildman–Crippen LogP) is 2.93. The smallest absolute Gasteiger partial charge is 0.245 e. The molecular weight excluding hydrogens is 254 g/mol. The fourth-order valence-electron chi connectivity index (χ4n) is 1.94. The molecule has 0 N–H and O–H groups in total. The SMILES string of the molecule is CC1CN(C(=O)C(Cl)c2ccccc2)CCS1. The predicted molar refractivity (Wildman–Crippen MR) is 73.5 cm³/mol. The number of halogens is 1. The third-order valence-corrected chi connectivity index (χ3v) is 4.44. The standard InChI is InChI=1S/C13H16ClNOS/c1-10-9-15(7-8-17-10)13(16)12(14)11-5-3-2-4-6-11/h2-6,10,12H,7-9H2,1H3. The summed E-state index contributed by atoms with van der Waals surface area (Å²) in [5.41, 5.74) is 0.880. The van der Waals surface area contributed by atoms with Crippen LogP contribution in [0.4, 0.5) is 0 Å². The van der Waals surface area contributed by atoms with Gasteiger partial charge in [0.1, 0.15) is 5.38 Å². The lowest BCUT2D eigenvalue weighted by molar-refractivity contribution is -0.130. The van der Waals surface area contributed by atoms with Gasteiger partial charge in [-0.3, -0.25) is 4.79 Å². The van der Waals surface area contributed by atoms with E-state index in [4.69, 9.17) is 11.6 Å². The van der Waals surface area contributed by atoms with Gasteiger partial charge in [0, 0.05) is 24.1 Å². The van der Waals surface area contributed by atoms with Crippen molar-refractivity contribution in [2.24, 2.45) is 0 Å². The summed E-state index contributed by atoms with van der Waals surface area (Å²) in [6.45, 7) is 3.76. The van der Waals surface area contributed by atoms with Crippen LogP contribution in [0.25, 0.3) is 0 Å². The zero-order valence-corrected chi connectivity index (χ0v) is 11.4. The van der Waals surface area contributed by atoms with Crippen LogP contribution in [-0.2, 0) is 4.79 Å². The number of carbonyl (C=O) groups is 1. The van der Waals surface area contributed by atoms with Crippen molar-refractivity contribution in [2.75, 3.05) is 18.8 Å². The maximum Gasteiger partial charge on any atom is 0.245 e. The van der Waals surface area contributed by atoms with Crippen LogP contribution >= 0.6 is 23.4 Å². The number of carbonyl (C=O) groups excluding carboxylic acids is 1. The van der Waals surface area contributed by atoms with Crippen LogP contribution < -0.4 is 0 Å². The van der Waals surface area contributed by atoms with Gasteiger partial charge in [0.25, 0.3) is 0 Å². The van der Waals surface area contributed by atoms with Crippen molar-refractivity contribution in [3.63, 3.8) is 0 Å². The molecule has 1 fully saturated rings. The molecule has 0 spiro atoms. The molecule has 1 aliphatic heterocycles. The quantitative estimate of drug-likeness (QED) is 0.770. The normalized spacial score (nSPS) is 22.2. The van der Waals surface area contributed by atoms with Crippen LogP contribution in [0.2, 0.25) is 0 Å². The Kier molecular flexibility index (Phi) is 4.35. The summed E-state index contributed by atoms with van der Waals surface area (Å²) >= 11 is 8.15. The fourth-order valence-corrected chi connectivity index (χ4v) is 3.24. The Morgan fingerprint density at radius 2 is 2.18 bits per heavy atom. The van der Waals surface area contributed by atoms with Crippen molar-refractivity contribution in [1.29, 1.82) is 0 Å². The van der Waals surface area contributed by atoms with Crippen LogP contribution in [-0.4, -0.2) is 34.9 Å². The highest BCUT2D eigenvalue weighted by atomic mass is 35.5. The topological polar surface area (TPSA) is 20.3 Å². The number of nitrogens with zero attached hydrogens (tertiary/aromatic N) is 1. The molecule has 2 unspecified atom stereocenters. The maximum absolute atomic E-state index is 12.2. The molecule has 17 heavy (non-hydrogen) atoms. The Hall–Kier alpha value is -0.670. The van der Waals surface area contributed by atoms with Crippen molar-refractivity contribution in [2.45, 2.75) is 17.6 Å². The Labute approximate surface area is 111 Å². The van der Waals surface area contributed by atoms with E-state index in [-0.39, 0.29) is 5.91 Å². The first-order valence-corrected chi connectivity index (χ1v) is 7.26. The van der Waals surface area contributed by atoms with Crippen molar-refractivity contribution in [3.8, 4) is 0 Å². The third kappa shape index (κ3) is 3.17. The van der Waals surface area contributed by atoms with Crippen molar-refractivity contribution < 1.29 is 4.79 Å². The van der Waals surface area contributed by atoms with Crippen molar-refractivity contribution >= 4 is 29.3 Å². The molecule has 1 aliphatic rings. The lowest BCUT2D eigenvalue weighted by atomic mass is 10.1. The average molecular weight is 270 g/mol. The monoisotopic (exact) mass is 269 g/mol. The number of hydrogen-bond donors (Lipinski definition) is 0. The summed E-state index contributed by atoms with van der Waals surface area (Å²) < 4.78 is 0. The molecule has 2 rings (SSSR count). The lowest BCUT2D eigenvalue weighted by Gasteiger charge is -2.32. The van der Waals surface area contributed by atoms with E-state index in [1.807, 2.05) is 47.0 Å². The molecule has 0 radical (unpaired) electrons. The third-order valence-electron chi connectivity index (χ3n) is 2.86. The molecule has 1 aromatic rings. The number of amides is 1. The van der Waals surface area contributed by atoms with Gasteiger partial charge >= 0.3 is 0 Å². The van der Waals surface area contributed by atoms with Gasteiger partial charge in [0.2, 0.25) is 5.91 Å². The van der Waals surface area contributed by atoms with Gasteiger partial charge in [0.05, 0.1) is 0 Å². The molecule has 4 heteroatoms. The van der Waals surface area contributed by atoms with Gasteiger partial charge in [-0.1, -0.05) is 37.3 Å². The Bertz CT molecular complexity index is 384. The maximum atomic E-state index is 12.2. The van der Waals surface area contributed by atoms with Gasteiger partial charge in [-0.2, -0.15) is 11.8 Å². The van der Waals surface area contributed by atoms with Gasteiger partial charge in [-0.25, -0.2) is 0 Å². The van der Waals surface area contributed by atoms with Gasteiger partial charge in [-0.05, 0) is 5.56 Å². The molecule has 1 aromatic carbocycles. The molecule has 2 atom stereocenters. The summed E-state index contributed by atoms with van der Waals surface area (Å²) in [7, 11) is 0. The minimum absolute atomic E-state index is 0.0324. The number of hydrogen-bond acceptors (Lipinski definition) is 2. The first-order chi connectivity index (χ1) is 8.18. The highest BCUT2D eigenvalue weighted by Crippen LogP contribution is 2.26. The van der Waals surface area contributed by atoms with E-state index in [1.54, 1.807) is 0 Å². The minimum atomic E-state index is -0.550. The highest BCUT2D eigenvalue weighted by Gasteiger charge is 2.27. The number of thioether (sulfide) groups is 1. The second-order valence-corrected chi connectivity index (χ2v) is 6.22. The largest absolute Gasteiger partial charge is 0.339 e. The fraction of sp³-hybridized carbons (Fsp3) is 0.462. The van der Waals surface area contributed by atoms with Crippen LogP contribution in [0, 0.1) is 0 Å². The van der Waals surface area contributed by atoms with Crippen LogP contribution in [0.5, 0.6) is 0 Å². The molecule has 2 nitrogen and oxygen atoms in total. The second-order valence-electron chi connectivity index (χ2n) is 4.24. The van der Waals surface area contributed by atoms with Gasteiger partial charge in [-0.15, -0.1) is 11.6 Å². The van der Waals surface area contributed by atoms with E-state index in [1.165, 1.54) is 0 Å². The molecular formula is C13H16ClNOS. The molecule has 0 bridgehead atoms. The average Bonchev–Trinajstić information content (AvgIpc) is 2.38. The molecule has 1 saturated heterocycles. The lowest BCUT2D eigenvalue weighted by Crippen LogP contribution is -2.42. The number of rotatable bonds is 2. The number of alkyl halides is 1. The van der Waals surface area contributed by atoms with Crippen molar-refractivity contribution in [3.05, 3.63) is 35.9 Å². The van der Waals surface area contributed by atoms with E-state index >= 15 is 0 Å². The van der Waals surface area contributed by atoms with Crippen LogP contribution in [0.15, 0.2) is 30.3 Å². The molecule has 0 aliphatic carbocycles. The summed E-state index contributed by atoms with van der Waals surface area (Å²) in [5, 5.41) is -0.0427. The Morgan fingerprint density at radius 1 is 1.47 bits per heavy atom. The molecule has 0 saturated carbocycles. The summed E-state index contributed by atoms with van der Waals surface area (Å²) in [6, 6.07) is 9.55. The molecule has 0 aromatic heterocycles. The first kappa shape index (κ1) is 12.8. The summed E-state index contributed by atoms with van der Waals surface area (Å²) in [5.74, 6) is 1.04. The zero-order chi connectivity index (χ0) is 12.3. The van der Waals surface area contributed by atoms with Crippen LogP contribution in [0.3, 0.4) is 0 Å². The number of benzene rings is 1. The Morgan fingerprint density at radius 3 is 2.82 bits per heavy atom. The summed E-state index contributed by atoms with van der Waals surface area (Å²) in [6.07, 6.45) is 0. The van der Waals surface area contributed by atoms with E-state index in [2.05, 4.69) is 6.92 Å². The van der Waals surface area contributed by atoms with E-state index in [0.717, 1.165) is 24.4 Å². The van der Waals surface area contributed by atoms with E-state index < -0.39 is 5.38 Å². The second kappa shape index (κ2) is 5.78. The van der Waals surface area contributed by atoms with E-state index in [9.17, 15) is 4.79 Å². The zero-order valence-electron chi connectivity index (χ0n) is 9.80. The minimum Gasteiger partial charge on any atom is -0.339 e. The highest BCUT2D eigenvalue weighted by molar-refractivity contribution is 7.99.